The van der Waals surface area contributed by atoms with Gasteiger partial charge in [-0.05, 0) is 18.9 Å². The van der Waals surface area contributed by atoms with Crippen LogP contribution in [0.15, 0.2) is 23.5 Å². The molecule has 0 radical (unpaired) electrons. The Hall–Kier alpha value is -0.920. The van der Waals surface area contributed by atoms with Gasteiger partial charge in [0.1, 0.15) is 0 Å². The highest BCUT2D eigenvalue weighted by molar-refractivity contribution is 5.26. The maximum atomic E-state index is 3.17. The number of hydrogen-bond donors (Lipinski definition) is 2. The Morgan fingerprint density at radius 3 is 2.60 bits per heavy atom. The van der Waals surface area contributed by atoms with Crippen molar-refractivity contribution in [1.82, 2.24) is 10.6 Å². The molecule has 2 nitrogen and oxygen atoms in total. The van der Waals surface area contributed by atoms with Crippen molar-refractivity contribution >= 4 is 0 Å². The van der Waals surface area contributed by atoms with Crippen molar-refractivity contribution in [1.29, 1.82) is 0 Å². The third-order valence-electron chi connectivity index (χ3n) is 1.74. The fraction of sp³-hybridized carbons (Fsp3) is 0.500. The van der Waals surface area contributed by atoms with Crippen LogP contribution >= 0.6 is 0 Å². The molecule has 56 valence electrons. The maximum absolute atomic E-state index is 3.17. The summed E-state index contributed by atoms with van der Waals surface area (Å²) in [5.41, 5.74) is 2.53. The van der Waals surface area contributed by atoms with Crippen LogP contribution in [-0.4, -0.2) is 14.1 Å². The summed E-state index contributed by atoms with van der Waals surface area (Å²) in [6.45, 7) is 0. The summed E-state index contributed by atoms with van der Waals surface area (Å²) in [5, 5.41) is 6.31. The van der Waals surface area contributed by atoms with Crippen LogP contribution in [0.2, 0.25) is 0 Å². The molecule has 0 aliphatic heterocycles. The number of rotatable bonds is 2. The van der Waals surface area contributed by atoms with Gasteiger partial charge in [-0.2, -0.15) is 0 Å². The van der Waals surface area contributed by atoms with Crippen molar-refractivity contribution in [3.8, 4) is 0 Å². The average Bonchev–Trinajstić information content (AvgIpc) is 2.04. The van der Waals surface area contributed by atoms with Crippen molar-refractivity contribution < 1.29 is 0 Å². The highest BCUT2D eigenvalue weighted by Gasteiger charge is 2.03. The summed E-state index contributed by atoms with van der Waals surface area (Å²) < 4.78 is 0. The zero-order chi connectivity index (χ0) is 7.40. The molecule has 2 N–H and O–H groups in total. The number of hydrogen-bond acceptors (Lipinski definition) is 2. The first kappa shape index (κ1) is 7.19. The molecule has 0 aromatic rings. The SMILES string of the molecule is CNC1=C(NC)CCC=C1. The van der Waals surface area contributed by atoms with Crippen LogP contribution in [0.25, 0.3) is 0 Å². The minimum absolute atomic E-state index is 1.13. The molecule has 1 aliphatic rings. The van der Waals surface area contributed by atoms with Gasteiger partial charge in [0.05, 0.1) is 5.70 Å². The van der Waals surface area contributed by atoms with Gasteiger partial charge < -0.3 is 10.6 Å². The maximum Gasteiger partial charge on any atom is 0.0527 e. The lowest BCUT2D eigenvalue weighted by Crippen LogP contribution is -2.17. The Morgan fingerprint density at radius 1 is 1.30 bits per heavy atom. The molecule has 1 aliphatic carbocycles. The van der Waals surface area contributed by atoms with E-state index in [4.69, 9.17) is 0 Å². The van der Waals surface area contributed by atoms with Crippen molar-refractivity contribution in [3.05, 3.63) is 23.5 Å². The molecule has 0 bridgehead atoms. The number of nitrogens with one attached hydrogen (secondary N) is 2. The van der Waals surface area contributed by atoms with Gasteiger partial charge in [0.2, 0.25) is 0 Å². The molecule has 0 fully saturated rings. The lowest BCUT2D eigenvalue weighted by Gasteiger charge is -2.14. The van der Waals surface area contributed by atoms with Gasteiger partial charge in [0.25, 0.3) is 0 Å². The topological polar surface area (TPSA) is 24.1 Å². The molecule has 0 aromatic heterocycles. The Labute approximate surface area is 62.0 Å². The van der Waals surface area contributed by atoms with E-state index in [-0.39, 0.29) is 0 Å². The number of likely N-dealkylation sites (N-methyl/N-ethyl adjacent to an activating group) is 1. The van der Waals surface area contributed by atoms with Crippen LogP contribution in [0.4, 0.5) is 0 Å². The van der Waals surface area contributed by atoms with Crippen LogP contribution < -0.4 is 10.6 Å². The molecule has 0 atom stereocenters. The van der Waals surface area contributed by atoms with Crippen LogP contribution in [0.5, 0.6) is 0 Å². The molecular weight excluding hydrogens is 124 g/mol. The van der Waals surface area contributed by atoms with E-state index in [9.17, 15) is 0 Å². The first-order valence-electron chi connectivity index (χ1n) is 3.63. The second kappa shape index (κ2) is 3.30. The predicted octanol–water partition coefficient (Wildman–Crippen LogP) is 0.987. The quantitative estimate of drug-likeness (QED) is 0.594. The van der Waals surface area contributed by atoms with E-state index in [0.29, 0.717) is 0 Å². The standard InChI is InChI=1S/C8H14N2/c1-9-7-5-3-4-6-8(7)10-2/h3,5,9-10H,4,6H2,1-2H3. The Kier molecular flexibility index (Phi) is 2.37. The monoisotopic (exact) mass is 138 g/mol. The van der Waals surface area contributed by atoms with E-state index < -0.39 is 0 Å². The van der Waals surface area contributed by atoms with Gasteiger partial charge in [0, 0.05) is 19.8 Å². The Balaban J connectivity index is 2.73. The van der Waals surface area contributed by atoms with Gasteiger partial charge in [-0.3, -0.25) is 0 Å². The van der Waals surface area contributed by atoms with Gasteiger partial charge >= 0.3 is 0 Å². The smallest absolute Gasteiger partial charge is 0.0527 e. The third kappa shape index (κ3) is 1.32. The largest absolute Gasteiger partial charge is 0.390 e. The van der Waals surface area contributed by atoms with Crippen molar-refractivity contribution in [2.75, 3.05) is 14.1 Å². The van der Waals surface area contributed by atoms with E-state index in [0.717, 1.165) is 12.8 Å². The summed E-state index contributed by atoms with van der Waals surface area (Å²) >= 11 is 0. The summed E-state index contributed by atoms with van der Waals surface area (Å²) in [7, 11) is 3.91. The Bertz CT molecular complexity index is 168. The predicted molar refractivity (Wildman–Crippen MR) is 43.5 cm³/mol. The van der Waals surface area contributed by atoms with Crippen LogP contribution in [-0.2, 0) is 0 Å². The molecule has 0 saturated heterocycles. The van der Waals surface area contributed by atoms with Gasteiger partial charge in [-0.25, -0.2) is 0 Å². The second-order valence-electron chi connectivity index (χ2n) is 2.33. The molecule has 0 heterocycles. The second-order valence-corrected chi connectivity index (χ2v) is 2.33. The molecular formula is C8H14N2. The zero-order valence-corrected chi connectivity index (χ0v) is 6.57. The molecule has 0 saturated carbocycles. The fourth-order valence-corrected chi connectivity index (χ4v) is 1.16. The highest BCUT2D eigenvalue weighted by Crippen LogP contribution is 2.12. The van der Waals surface area contributed by atoms with Crippen LogP contribution in [0.3, 0.4) is 0 Å². The van der Waals surface area contributed by atoms with E-state index in [1.54, 1.807) is 0 Å². The van der Waals surface area contributed by atoms with Gasteiger partial charge in [-0.15, -0.1) is 0 Å². The third-order valence-corrected chi connectivity index (χ3v) is 1.74. The van der Waals surface area contributed by atoms with Crippen LogP contribution in [0.1, 0.15) is 12.8 Å². The first-order valence-corrected chi connectivity index (χ1v) is 3.63. The van der Waals surface area contributed by atoms with Crippen molar-refractivity contribution in [3.63, 3.8) is 0 Å². The molecule has 0 amide bonds. The molecule has 0 spiro atoms. The van der Waals surface area contributed by atoms with E-state index in [1.165, 1.54) is 11.4 Å². The van der Waals surface area contributed by atoms with E-state index >= 15 is 0 Å². The van der Waals surface area contributed by atoms with Crippen molar-refractivity contribution in [2.45, 2.75) is 12.8 Å². The molecule has 2 heteroatoms. The van der Waals surface area contributed by atoms with Gasteiger partial charge in [0.15, 0.2) is 0 Å². The minimum atomic E-state index is 1.13. The number of allylic oxidation sites excluding steroid dienone is 3. The zero-order valence-electron chi connectivity index (χ0n) is 6.57. The summed E-state index contributed by atoms with van der Waals surface area (Å²) in [6.07, 6.45) is 6.59. The van der Waals surface area contributed by atoms with E-state index in [2.05, 4.69) is 22.8 Å². The first-order chi connectivity index (χ1) is 4.88. The summed E-state index contributed by atoms with van der Waals surface area (Å²) in [6, 6.07) is 0. The fourth-order valence-electron chi connectivity index (χ4n) is 1.16. The minimum Gasteiger partial charge on any atom is -0.390 e. The summed E-state index contributed by atoms with van der Waals surface area (Å²) in [5.74, 6) is 0. The Morgan fingerprint density at radius 2 is 2.10 bits per heavy atom. The van der Waals surface area contributed by atoms with Crippen molar-refractivity contribution in [2.24, 2.45) is 0 Å². The van der Waals surface area contributed by atoms with Crippen LogP contribution in [0, 0.1) is 0 Å². The lowest BCUT2D eigenvalue weighted by molar-refractivity contribution is 0.791. The molecule has 0 aromatic carbocycles. The average molecular weight is 138 g/mol. The molecule has 0 unspecified atom stereocenters. The van der Waals surface area contributed by atoms with E-state index in [1.807, 2.05) is 14.1 Å². The molecule has 10 heavy (non-hydrogen) atoms. The highest BCUT2D eigenvalue weighted by atomic mass is 14.9. The normalized spacial score (nSPS) is 17.4. The van der Waals surface area contributed by atoms with Gasteiger partial charge in [-0.1, -0.05) is 6.08 Å². The molecule has 1 rings (SSSR count). The lowest BCUT2D eigenvalue weighted by atomic mass is 10.1. The summed E-state index contributed by atoms with van der Waals surface area (Å²) in [4.78, 5) is 0.